The Bertz CT molecular complexity index is 1050. The molecule has 0 aliphatic carbocycles. The number of nitrogen functional groups attached to an aromatic ring is 1. The Morgan fingerprint density at radius 2 is 1.79 bits per heavy atom. The number of nitrogens with two attached hydrogens (primary N) is 1. The van der Waals surface area contributed by atoms with Gasteiger partial charge in [-0.05, 0) is 35.0 Å². The van der Waals surface area contributed by atoms with Crippen molar-refractivity contribution in [3.63, 3.8) is 0 Å². The van der Waals surface area contributed by atoms with Crippen LogP contribution in [0.25, 0.3) is 21.7 Å². The predicted molar refractivity (Wildman–Crippen MR) is 101 cm³/mol. The zero-order valence-electron chi connectivity index (χ0n) is 13.2. The third-order valence-corrected chi connectivity index (χ3v) is 5.11. The van der Waals surface area contributed by atoms with Crippen LogP contribution in [0.4, 0.5) is 5.69 Å². The number of hydrogen-bond acceptors (Lipinski definition) is 4. The average molecular weight is 332 g/mol. The number of nitrogens with zero attached hydrogens (tertiary/aromatic N) is 1. The van der Waals surface area contributed by atoms with Gasteiger partial charge in [-0.1, -0.05) is 42.1 Å². The fourth-order valence-electron chi connectivity index (χ4n) is 2.83. The maximum atomic E-state index is 6.12. The highest BCUT2D eigenvalue weighted by atomic mass is 32.2. The smallest absolute Gasteiger partial charge is 0.135 e. The van der Waals surface area contributed by atoms with E-state index in [4.69, 9.17) is 10.5 Å². The van der Waals surface area contributed by atoms with Crippen LogP contribution in [-0.2, 0) is 0 Å². The Hall–Kier alpha value is -2.72. The molecule has 0 radical (unpaired) electrons. The summed E-state index contributed by atoms with van der Waals surface area (Å²) in [4.78, 5) is 6.60. The quantitative estimate of drug-likeness (QED) is 0.528. The van der Waals surface area contributed by atoms with Gasteiger partial charge in [0.25, 0.3) is 0 Å². The minimum absolute atomic E-state index is 0.630. The molecular formula is C20H16N2OS. The van der Waals surface area contributed by atoms with Crippen LogP contribution < -0.4 is 10.5 Å². The number of aromatic nitrogens is 1. The predicted octanol–water partition coefficient (Wildman–Crippen LogP) is 5.13. The molecule has 0 aliphatic heterocycles. The normalized spacial score (nSPS) is 11.0. The lowest BCUT2D eigenvalue weighted by Gasteiger charge is -2.13. The van der Waals surface area contributed by atoms with E-state index in [-0.39, 0.29) is 0 Å². The van der Waals surface area contributed by atoms with Crippen molar-refractivity contribution in [3.05, 3.63) is 66.9 Å². The summed E-state index contributed by atoms with van der Waals surface area (Å²) in [6, 6.07) is 20.6. The second-order valence-corrected chi connectivity index (χ2v) is 6.59. The number of fused-ring (bicyclic) bond motifs is 2. The third-order valence-electron chi connectivity index (χ3n) is 4.00. The lowest BCUT2D eigenvalue weighted by atomic mass is 10.1. The zero-order valence-corrected chi connectivity index (χ0v) is 14.0. The van der Waals surface area contributed by atoms with Crippen molar-refractivity contribution in [2.45, 2.75) is 9.79 Å². The van der Waals surface area contributed by atoms with Crippen molar-refractivity contribution in [1.29, 1.82) is 0 Å². The number of pyridine rings is 1. The number of anilines is 1. The van der Waals surface area contributed by atoms with Crippen LogP contribution in [0.3, 0.4) is 0 Å². The van der Waals surface area contributed by atoms with Gasteiger partial charge in [-0.3, -0.25) is 4.98 Å². The molecule has 24 heavy (non-hydrogen) atoms. The highest BCUT2D eigenvalue weighted by molar-refractivity contribution is 7.99. The molecule has 0 spiro atoms. The summed E-state index contributed by atoms with van der Waals surface area (Å²) in [5.74, 6) is 0.770. The van der Waals surface area contributed by atoms with Gasteiger partial charge in [0, 0.05) is 22.5 Å². The number of rotatable bonds is 3. The molecule has 3 aromatic carbocycles. The van der Waals surface area contributed by atoms with Gasteiger partial charge in [0.15, 0.2) is 0 Å². The Morgan fingerprint density at radius 3 is 2.62 bits per heavy atom. The topological polar surface area (TPSA) is 48.1 Å². The molecule has 4 rings (SSSR count). The van der Waals surface area contributed by atoms with Crippen LogP contribution in [0.1, 0.15) is 0 Å². The molecule has 0 saturated carbocycles. The first kappa shape index (κ1) is 14.8. The Kier molecular flexibility index (Phi) is 3.75. The Balaban J connectivity index is 1.87. The molecule has 0 fully saturated rings. The molecule has 2 N–H and O–H groups in total. The second kappa shape index (κ2) is 6.06. The first-order valence-corrected chi connectivity index (χ1v) is 8.46. The van der Waals surface area contributed by atoms with Crippen LogP contribution in [0.2, 0.25) is 0 Å². The van der Waals surface area contributed by atoms with E-state index in [1.165, 1.54) is 10.8 Å². The Labute approximate surface area is 144 Å². The van der Waals surface area contributed by atoms with Crippen molar-refractivity contribution >= 4 is 39.1 Å². The first-order chi connectivity index (χ1) is 11.8. The van der Waals surface area contributed by atoms with Crippen molar-refractivity contribution in [1.82, 2.24) is 4.98 Å². The molecule has 1 aromatic heterocycles. The van der Waals surface area contributed by atoms with Gasteiger partial charge in [-0.2, -0.15) is 0 Å². The molecule has 0 saturated heterocycles. The third kappa shape index (κ3) is 2.55. The molecular weight excluding hydrogens is 316 g/mol. The van der Waals surface area contributed by atoms with Gasteiger partial charge in [-0.25, -0.2) is 0 Å². The molecule has 118 valence electrons. The number of ether oxygens (including phenoxy) is 1. The molecule has 0 bridgehead atoms. The molecule has 1 heterocycles. The fourth-order valence-corrected chi connectivity index (χ4v) is 3.91. The maximum Gasteiger partial charge on any atom is 0.135 e. The fraction of sp³-hybridized carbons (Fsp3) is 0.0500. The molecule has 4 aromatic rings. The van der Waals surface area contributed by atoms with Crippen molar-refractivity contribution in [3.8, 4) is 5.75 Å². The lowest BCUT2D eigenvalue weighted by Crippen LogP contribution is -1.95. The van der Waals surface area contributed by atoms with Crippen LogP contribution in [0.15, 0.2) is 76.7 Å². The minimum atomic E-state index is 0.630. The van der Waals surface area contributed by atoms with Crippen LogP contribution >= 0.6 is 11.8 Å². The second-order valence-electron chi connectivity index (χ2n) is 5.51. The van der Waals surface area contributed by atoms with Gasteiger partial charge >= 0.3 is 0 Å². The maximum absolute atomic E-state index is 6.12. The van der Waals surface area contributed by atoms with E-state index in [2.05, 4.69) is 47.4 Å². The van der Waals surface area contributed by atoms with E-state index in [0.717, 1.165) is 26.4 Å². The van der Waals surface area contributed by atoms with Gasteiger partial charge < -0.3 is 10.5 Å². The summed E-state index contributed by atoms with van der Waals surface area (Å²) in [6.45, 7) is 0. The summed E-state index contributed by atoms with van der Waals surface area (Å²) >= 11 is 1.67. The molecule has 3 nitrogen and oxygen atoms in total. The summed E-state index contributed by atoms with van der Waals surface area (Å²) in [5, 5.41) is 3.46. The van der Waals surface area contributed by atoms with Gasteiger partial charge in [0.1, 0.15) is 5.75 Å². The molecule has 0 atom stereocenters. The summed E-state index contributed by atoms with van der Waals surface area (Å²) in [5.41, 5.74) is 7.55. The summed E-state index contributed by atoms with van der Waals surface area (Å²) in [7, 11) is 1.67. The monoisotopic (exact) mass is 332 g/mol. The van der Waals surface area contributed by atoms with E-state index in [1.807, 2.05) is 18.2 Å². The lowest BCUT2D eigenvalue weighted by molar-refractivity contribution is 0.406. The van der Waals surface area contributed by atoms with Crippen LogP contribution in [0, 0.1) is 0 Å². The first-order valence-electron chi connectivity index (χ1n) is 7.64. The van der Waals surface area contributed by atoms with Crippen molar-refractivity contribution in [2.24, 2.45) is 0 Å². The van der Waals surface area contributed by atoms with Gasteiger partial charge in [-0.15, -0.1) is 0 Å². The number of benzene rings is 3. The zero-order chi connectivity index (χ0) is 16.5. The SMILES string of the molecule is COc1cc(N)c2ncccc2c1Sc1ccc2ccccc2c1. The highest BCUT2D eigenvalue weighted by Gasteiger charge is 2.14. The van der Waals surface area contributed by atoms with Crippen molar-refractivity contribution in [2.75, 3.05) is 12.8 Å². The van der Waals surface area contributed by atoms with E-state index in [9.17, 15) is 0 Å². The van der Waals surface area contributed by atoms with Crippen LogP contribution in [0.5, 0.6) is 5.75 Å². The molecule has 0 aliphatic rings. The van der Waals surface area contributed by atoms with Crippen LogP contribution in [-0.4, -0.2) is 12.1 Å². The molecule has 0 unspecified atom stereocenters. The summed E-state index contributed by atoms with van der Waals surface area (Å²) < 4.78 is 5.57. The van der Waals surface area contributed by atoms with Gasteiger partial charge in [0.05, 0.1) is 23.2 Å². The summed E-state index contributed by atoms with van der Waals surface area (Å²) in [6.07, 6.45) is 1.76. The minimum Gasteiger partial charge on any atom is -0.495 e. The van der Waals surface area contributed by atoms with E-state index in [1.54, 1.807) is 25.1 Å². The largest absolute Gasteiger partial charge is 0.495 e. The van der Waals surface area contributed by atoms with E-state index in [0.29, 0.717) is 5.69 Å². The standard InChI is InChI=1S/C20H16N2OS/c1-23-18-12-17(21)19-16(7-4-10-22-19)20(18)24-15-9-8-13-5-2-3-6-14(13)11-15/h2-12H,21H2,1H3. The highest BCUT2D eigenvalue weighted by Crippen LogP contribution is 2.42. The van der Waals surface area contributed by atoms with Crippen molar-refractivity contribution < 1.29 is 4.74 Å². The van der Waals surface area contributed by atoms with E-state index < -0.39 is 0 Å². The number of hydrogen-bond donors (Lipinski definition) is 1. The Morgan fingerprint density at radius 1 is 0.958 bits per heavy atom. The molecule has 0 amide bonds. The average Bonchev–Trinajstić information content (AvgIpc) is 2.64. The molecule has 4 heteroatoms. The van der Waals surface area contributed by atoms with Gasteiger partial charge in [0.2, 0.25) is 0 Å². The number of methoxy groups -OCH3 is 1. The van der Waals surface area contributed by atoms with E-state index >= 15 is 0 Å².